The van der Waals surface area contributed by atoms with Crippen LogP contribution >= 0.6 is 0 Å². The molecule has 5 nitrogen and oxygen atoms in total. The monoisotopic (exact) mass is 213 g/mol. The zero-order valence-corrected chi connectivity index (χ0v) is 9.14. The number of carbonyl (C=O) groups is 2. The maximum atomic E-state index is 11.5. The van der Waals surface area contributed by atoms with Crippen molar-refractivity contribution < 1.29 is 9.59 Å². The minimum Gasteiger partial charge on any atom is -0.358 e. The molecular formula is C10H19N3O2. The average Bonchev–Trinajstić information content (AvgIpc) is 2.61. The van der Waals surface area contributed by atoms with E-state index >= 15 is 0 Å². The summed E-state index contributed by atoms with van der Waals surface area (Å²) in [5, 5.41) is 4.99. The number of nitrogens with one attached hydrogen (secondary N) is 2. The lowest BCUT2D eigenvalue weighted by atomic mass is 9.94. The number of rotatable bonds is 4. The lowest BCUT2D eigenvalue weighted by molar-refractivity contribution is -0.126. The molecule has 5 heteroatoms. The zero-order chi connectivity index (χ0) is 11.3. The fourth-order valence-corrected chi connectivity index (χ4v) is 1.91. The van der Waals surface area contributed by atoms with Gasteiger partial charge in [0.15, 0.2) is 0 Å². The topological polar surface area (TPSA) is 84.2 Å². The second-order valence-corrected chi connectivity index (χ2v) is 4.20. The van der Waals surface area contributed by atoms with Crippen molar-refractivity contribution >= 4 is 11.8 Å². The van der Waals surface area contributed by atoms with Gasteiger partial charge >= 0.3 is 0 Å². The van der Waals surface area contributed by atoms with Gasteiger partial charge in [-0.25, -0.2) is 0 Å². The first-order valence-corrected chi connectivity index (χ1v) is 5.32. The minimum absolute atomic E-state index is 0.0331. The highest BCUT2D eigenvalue weighted by Crippen LogP contribution is 2.29. The van der Waals surface area contributed by atoms with Crippen molar-refractivity contribution in [3.05, 3.63) is 0 Å². The molecule has 0 aromatic heterocycles. The van der Waals surface area contributed by atoms with Gasteiger partial charge in [0.2, 0.25) is 11.8 Å². The first-order chi connectivity index (χ1) is 7.06. The summed E-state index contributed by atoms with van der Waals surface area (Å²) in [5.41, 5.74) is 5.70. The maximum Gasteiger partial charge on any atom is 0.239 e. The second kappa shape index (κ2) is 5.11. The third kappa shape index (κ3) is 3.87. The van der Waals surface area contributed by atoms with Crippen LogP contribution in [0.2, 0.25) is 0 Å². The maximum absolute atomic E-state index is 11.5. The predicted octanol–water partition coefficient (Wildman–Crippen LogP) is -0.490. The Hall–Kier alpha value is -1.10. The largest absolute Gasteiger partial charge is 0.358 e. The Kier molecular flexibility index (Phi) is 4.08. The highest BCUT2D eigenvalue weighted by atomic mass is 16.2. The standard InChI is InChI=1S/C10H19N3O2/c1-12-9(15)7-13-8(14)6-10(11)4-2-3-5-10/h2-7,11H2,1H3,(H,12,15)(H,13,14). The summed E-state index contributed by atoms with van der Waals surface area (Å²) in [6.45, 7) is 0.0331. The molecule has 1 saturated carbocycles. The molecular weight excluding hydrogens is 194 g/mol. The van der Waals surface area contributed by atoms with Crippen molar-refractivity contribution in [1.29, 1.82) is 0 Å². The van der Waals surface area contributed by atoms with Crippen LogP contribution in [0.5, 0.6) is 0 Å². The van der Waals surface area contributed by atoms with Crippen molar-refractivity contribution in [1.82, 2.24) is 10.6 Å². The van der Waals surface area contributed by atoms with Gasteiger partial charge in [-0.2, -0.15) is 0 Å². The third-order valence-electron chi connectivity index (χ3n) is 2.84. The first-order valence-electron chi connectivity index (χ1n) is 5.32. The van der Waals surface area contributed by atoms with Gasteiger partial charge in [-0.1, -0.05) is 12.8 Å². The summed E-state index contributed by atoms with van der Waals surface area (Å²) < 4.78 is 0. The van der Waals surface area contributed by atoms with Crippen molar-refractivity contribution in [2.45, 2.75) is 37.6 Å². The van der Waals surface area contributed by atoms with Crippen LogP contribution in [0.15, 0.2) is 0 Å². The number of likely N-dealkylation sites (N-methyl/N-ethyl adjacent to an activating group) is 1. The van der Waals surface area contributed by atoms with Crippen molar-refractivity contribution in [3.8, 4) is 0 Å². The van der Waals surface area contributed by atoms with Crippen LogP contribution in [0.4, 0.5) is 0 Å². The van der Waals surface area contributed by atoms with Gasteiger partial charge in [-0.15, -0.1) is 0 Å². The van der Waals surface area contributed by atoms with E-state index in [4.69, 9.17) is 5.73 Å². The predicted molar refractivity (Wildman–Crippen MR) is 57.1 cm³/mol. The Bertz CT molecular complexity index is 247. The highest BCUT2D eigenvalue weighted by molar-refractivity contribution is 5.84. The van der Waals surface area contributed by atoms with E-state index in [9.17, 15) is 9.59 Å². The SMILES string of the molecule is CNC(=O)CNC(=O)CC1(N)CCCC1. The van der Waals surface area contributed by atoms with E-state index in [1.54, 1.807) is 0 Å². The van der Waals surface area contributed by atoms with Crippen LogP contribution in [-0.2, 0) is 9.59 Å². The van der Waals surface area contributed by atoms with Crippen LogP contribution in [0.25, 0.3) is 0 Å². The Morgan fingerprint density at radius 2 is 1.87 bits per heavy atom. The van der Waals surface area contributed by atoms with Crippen molar-refractivity contribution in [2.24, 2.45) is 5.73 Å². The lowest BCUT2D eigenvalue weighted by Gasteiger charge is -2.22. The molecule has 0 radical (unpaired) electrons. The quantitative estimate of drug-likeness (QED) is 0.589. The van der Waals surface area contributed by atoms with Crippen molar-refractivity contribution in [3.63, 3.8) is 0 Å². The molecule has 4 N–H and O–H groups in total. The van der Waals surface area contributed by atoms with Gasteiger partial charge in [-0.05, 0) is 12.8 Å². The molecule has 1 rings (SSSR count). The Balaban J connectivity index is 2.26. The van der Waals surface area contributed by atoms with E-state index in [-0.39, 0.29) is 23.9 Å². The molecule has 0 aliphatic heterocycles. The molecule has 0 aromatic rings. The van der Waals surface area contributed by atoms with Gasteiger partial charge < -0.3 is 16.4 Å². The summed E-state index contributed by atoms with van der Waals surface area (Å²) in [4.78, 5) is 22.3. The molecule has 1 fully saturated rings. The van der Waals surface area contributed by atoms with E-state index in [2.05, 4.69) is 10.6 Å². The van der Waals surface area contributed by atoms with Crippen LogP contribution < -0.4 is 16.4 Å². The minimum atomic E-state index is -0.341. The van der Waals surface area contributed by atoms with Gasteiger partial charge in [0.1, 0.15) is 0 Å². The van der Waals surface area contributed by atoms with Gasteiger partial charge in [0.05, 0.1) is 6.54 Å². The van der Waals surface area contributed by atoms with Gasteiger partial charge in [-0.3, -0.25) is 9.59 Å². The Labute approximate surface area is 89.8 Å². The number of hydrogen-bond acceptors (Lipinski definition) is 3. The summed E-state index contributed by atoms with van der Waals surface area (Å²) >= 11 is 0. The molecule has 0 bridgehead atoms. The molecule has 0 aromatic carbocycles. The summed E-state index contributed by atoms with van der Waals surface area (Å²) in [5.74, 6) is -0.330. The molecule has 2 amide bonds. The summed E-state index contributed by atoms with van der Waals surface area (Å²) in [6, 6.07) is 0. The van der Waals surface area contributed by atoms with E-state index < -0.39 is 0 Å². The molecule has 0 heterocycles. The lowest BCUT2D eigenvalue weighted by Crippen LogP contribution is -2.44. The van der Waals surface area contributed by atoms with E-state index in [0.717, 1.165) is 25.7 Å². The van der Waals surface area contributed by atoms with Crippen molar-refractivity contribution in [2.75, 3.05) is 13.6 Å². The van der Waals surface area contributed by atoms with E-state index in [1.807, 2.05) is 0 Å². The van der Waals surface area contributed by atoms with Crippen LogP contribution in [0.3, 0.4) is 0 Å². The van der Waals surface area contributed by atoms with Crippen LogP contribution in [0, 0.1) is 0 Å². The smallest absolute Gasteiger partial charge is 0.239 e. The molecule has 1 aliphatic carbocycles. The molecule has 0 spiro atoms. The van der Waals surface area contributed by atoms with Gasteiger partial charge in [0.25, 0.3) is 0 Å². The molecule has 0 saturated heterocycles. The normalized spacial score (nSPS) is 18.5. The summed E-state index contributed by atoms with van der Waals surface area (Å²) in [7, 11) is 1.54. The van der Waals surface area contributed by atoms with Gasteiger partial charge in [0, 0.05) is 19.0 Å². The molecule has 1 aliphatic rings. The Morgan fingerprint density at radius 3 is 2.40 bits per heavy atom. The Morgan fingerprint density at radius 1 is 1.27 bits per heavy atom. The summed E-state index contributed by atoms with van der Waals surface area (Å²) in [6.07, 6.45) is 4.32. The molecule has 0 atom stereocenters. The molecule has 0 unspecified atom stereocenters. The fourth-order valence-electron chi connectivity index (χ4n) is 1.91. The van der Waals surface area contributed by atoms with E-state index in [1.165, 1.54) is 7.05 Å². The number of nitrogens with two attached hydrogens (primary N) is 1. The second-order valence-electron chi connectivity index (χ2n) is 4.20. The number of amides is 2. The first kappa shape index (κ1) is 12.0. The molecule has 15 heavy (non-hydrogen) atoms. The average molecular weight is 213 g/mol. The van der Waals surface area contributed by atoms with Crippen LogP contribution in [0.1, 0.15) is 32.1 Å². The fraction of sp³-hybridized carbons (Fsp3) is 0.800. The number of carbonyl (C=O) groups excluding carboxylic acids is 2. The van der Waals surface area contributed by atoms with Crippen LogP contribution in [-0.4, -0.2) is 30.9 Å². The number of hydrogen-bond donors (Lipinski definition) is 3. The highest BCUT2D eigenvalue weighted by Gasteiger charge is 2.31. The third-order valence-corrected chi connectivity index (χ3v) is 2.84. The van der Waals surface area contributed by atoms with E-state index in [0.29, 0.717) is 6.42 Å². The molecule has 86 valence electrons. The zero-order valence-electron chi connectivity index (χ0n) is 9.14.